The van der Waals surface area contributed by atoms with Crippen molar-refractivity contribution in [2.24, 2.45) is 0 Å². The van der Waals surface area contributed by atoms with Gasteiger partial charge in [0.2, 0.25) is 5.91 Å². The van der Waals surface area contributed by atoms with Crippen molar-refractivity contribution in [2.45, 2.75) is 12.1 Å². The van der Waals surface area contributed by atoms with Gasteiger partial charge in [0.05, 0.1) is 17.4 Å². The van der Waals surface area contributed by atoms with E-state index in [1.54, 1.807) is 0 Å². The summed E-state index contributed by atoms with van der Waals surface area (Å²) in [5.41, 5.74) is 2.33. The highest BCUT2D eigenvalue weighted by Crippen LogP contribution is 2.32. The normalized spacial score (nSPS) is 10.8. The summed E-state index contributed by atoms with van der Waals surface area (Å²) in [6, 6.07) is 22.5. The molecular formula is C24H20BrClN4O2S. The van der Waals surface area contributed by atoms with E-state index in [4.69, 9.17) is 16.3 Å². The maximum atomic E-state index is 12.5. The van der Waals surface area contributed by atoms with Crippen molar-refractivity contribution in [3.05, 3.63) is 82.3 Å². The number of rotatable bonds is 8. The zero-order chi connectivity index (χ0) is 23.2. The van der Waals surface area contributed by atoms with E-state index in [9.17, 15) is 4.79 Å². The van der Waals surface area contributed by atoms with Crippen molar-refractivity contribution in [1.29, 1.82) is 0 Å². The van der Waals surface area contributed by atoms with Crippen LogP contribution < -0.4 is 10.1 Å². The summed E-state index contributed by atoms with van der Waals surface area (Å²) < 4.78 is 8.41. The Kier molecular flexibility index (Phi) is 7.69. The fourth-order valence-electron chi connectivity index (χ4n) is 3.13. The highest BCUT2D eigenvalue weighted by Gasteiger charge is 2.19. The fraction of sp³-hybridized carbons (Fsp3) is 0.125. The zero-order valence-corrected chi connectivity index (χ0v) is 20.8. The summed E-state index contributed by atoms with van der Waals surface area (Å²) in [7, 11) is 0. The molecule has 3 aromatic carbocycles. The van der Waals surface area contributed by atoms with Crippen LogP contribution in [0.4, 0.5) is 5.69 Å². The molecule has 4 aromatic rings. The Bertz CT molecular complexity index is 1250. The number of halogens is 2. The minimum absolute atomic E-state index is 0.136. The maximum absolute atomic E-state index is 12.5. The fourth-order valence-corrected chi connectivity index (χ4v) is 4.37. The second kappa shape index (κ2) is 10.9. The van der Waals surface area contributed by atoms with Gasteiger partial charge in [-0.2, -0.15) is 0 Å². The third kappa shape index (κ3) is 5.76. The van der Waals surface area contributed by atoms with Crippen LogP contribution in [-0.2, 0) is 4.79 Å². The molecule has 0 aliphatic carbocycles. The van der Waals surface area contributed by atoms with Gasteiger partial charge in [0.15, 0.2) is 11.0 Å². The molecule has 6 nitrogen and oxygen atoms in total. The van der Waals surface area contributed by atoms with Crippen molar-refractivity contribution >= 4 is 50.9 Å². The van der Waals surface area contributed by atoms with E-state index in [0.717, 1.165) is 27.2 Å². The molecule has 33 heavy (non-hydrogen) atoms. The molecule has 0 bridgehead atoms. The number of carbonyl (C=O) groups excluding carboxylic acids is 1. The first-order valence-corrected chi connectivity index (χ1v) is 12.3. The van der Waals surface area contributed by atoms with Crippen LogP contribution in [0.25, 0.3) is 17.1 Å². The number of thioether (sulfide) groups is 1. The van der Waals surface area contributed by atoms with Gasteiger partial charge in [0.1, 0.15) is 5.75 Å². The average molecular weight is 544 g/mol. The van der Waals surface area contributed by atoms with Gasteiger partial charge in [0.25, 0.3) is 0 Å². The van der Waals surface area contributed by atoms with Crippen LogP contribution in [0.15, 0.2) is 82.4 Å². The highest BCUT2D eigenvalue weighted by atomic mass is 79.9. The molecule has 0 atom stereocenters. The molecule has 9 heteroatoms. The number of amides is 1. The van der Waals surface area contributed by atoms with Gasteiger partial charge >= 0.3 is 0 Å². The van der Waals surface area contributed by atoms with Crippen LogP contribution in [0.2, 0.25) is 5.02 Å². The van der Waals surface area contributed by atoms with E-state index in [0.29, 0.717) is 22.6 Å². The van der Waals surface area contributed by atoms with Gasteiger partial charge in [-0.15, -0.1) is 10.2 Å². The lowest BCUT2D eigenvalue weighted by atomic mass is 10.2. The molecule has 4 rings (SSSR count). The Morgan fingerprint density at radius 1 is 1.06 bits per heavy atom. The number of aromatic nitrogens is 3. The van der Waals surface area contributed by atoms with Gasteiger partial charge in [-0.25, -0.2) is 0 Å². The second-order valence-electron chi connectivity index (χ2n) is 6.89. The lowest BCUT2D eigenvalue weighted by Gasteiger charge is -2.12. The smallest absolute Gasteiger partial charge is 0.234 e. The third-order valence-electron chi connectivity index (χ3n) is 4.61. The Labute approximate surface area is 209 Å². The summed E-state index contributed by atoms with van der Waals surface area (Å²) in [5, 5.41) is 12.8. The number of nitrogens with zero attached hydrogens (tertiary/aromatic N) is 3. The monoisotopic (exact) mass is 542 g/mol. The molecule has 0 aliphatic heterocycles. The van der Waals surface area contributed by atoms with E-state index in [-0.39, 0.29) is 11.7 Å². The van der Waals surface area contributed by atoms with E-state index < -0.39 is 0 Å². The molecule has 0 aliphatic rings. The molecule has 1 amide bonds. The first kappa shape index (κ1) is 23.4. The predicted octanol–water partition coefficient (Wildman–Crippen LogP) is 6.48. The standard InChI is InChI=1S/C24H20BrClN4O2S/c1-2-32-19-13-11-18(12-14-19)30-23(20-5-3-4-6-21(20)26)28-29-24(30)33-15-22(31)27-17-9-7-16(25)8-10-17/h3-14H,2,15H2,1H3,(H,27,31). The van der Waals surface area contributed by atoms with E-state index >= 15 is 0 Å². The maximum Gasteiger partial charge on any atom is 0.234 e. The number of nitrogens with one attached hydrogen (secondary N) is 1. The lowest BCUT2D eigenvalue weighted by molar-refractivity contribution is -0.113. The van der Waals surface area contributed by atoms with E-state index in [1.807, 2.05) is 84.3 Å². The molecule has 1 heterocycles. The van der Waals surface area contributed by atoms with Crippen molar-refractivity contribution in [3.8, 4) is 22.8 Å². The quantitative estimate of drug-likeness (QED) is 0.258. The highest BCUT2D eigenvalue weighted by molar-refractivity contribution is 9.10. The van der Waals surface area contributed by atoms with Gasteiger partial charge in [-0.3, -0.25) is 9.36 Å². The molecule has 168 valence electrons. The molecule has 0 saturated carbocycles. The van der Waals surface area contributed by atoms with Gasteiger partial charge in [-0.05, 0) is 67.6 Å². The molecule has 0 radical (unpaired) electrons. The van der Waals surface area contributed by atoms with Crippen LogP contribution in [0, 0.1) is 0 Å². The first-order chi connectivity index (χ1) is 16.0. The first-order valence-electron chi connectivity index (χ1n) is 10.2. The minimum atomic E-state index is -0.136. The van der Waals surface area contributed by atoms with Crippen molar-refractivity contribution in [3.63, 3.8) is 0 Å². The van der Waals surface area contributed by atoms with Gasteiger partial charge in [0, 0.05) is 21.4 Å². The van der Waals surface area contributed by atoms with Crippen LogP contribution in [0.3, 0.4) is 0 Å². The summed E-state index contributed by atoms with van der Waals surface area (Å²) in [4.78, 5) is 12.5. The SMILES string of the molecule is CCOc1ccc(-n2c(SCC(=O)Nc3ccc(Br)cc3)nnc2-c2ccccc2Cl)cc1. The molecule has 1 N–H and O–H groups in total. The summed E-state index contributed by atoms with van der Waals surface area (Å²) in [6.07, 6.45) is 0. The number of benzene rings is 3. The van der Waals surface area contributed by atoms with Crippen LogP contribution in [0.5, 0.6) is 5.75 Å². The number of carbonyl (C=O) groups is 1. The molecule has 0 unspecified atom stereocenters. The summed E-state index contributed by atoms with van der Waals surface area (Å²) in [6.45, 7) is 2.53. The number of anilines is 1. The minimum Gasteiger partial charge on any atom is -0.494 e. The predicted molar refractivity (Wildman–Crippen MR) is 136 cm³/mol. The second-order valence-corrected chi connectivity index (χ2v) is 9.16. The average Bonchev–Trinajstić information content (AvgIpc) is 3.24. The number of hydrogen-bond acceptors (Lipinski definition) is 5. The van der Waals surface area contributed by atoms with Gasteiger partial charge in [-0.1, -0.05) is 51.4 Å². The molecular weight excluding hydrogens is 524 g/mol. The number of ether oxygens (including phenoxy) is 1. The molecule has 0 saturated heterocycles. The van der Waals surface area contributed by atoms with Crippen LogP contribution >= 0.6 is 39.3 Å². The van der Waals surface area contributed by atoms with Gasteiger partial charge < -0.3 is 10.1 Å². The van der Waals surface area contributed by atoms with Crippen molar-refractivity contribution < 1.29 is 9.53 Å². The Morgan fingerprint density at radius 3 is 2.48 bits per heavy atom. The Hall–Kier alpha value is -2.81. The Morgan fingerprint density at radius 2 is 1.79 bits per heavy atom. The van der Waals surface area contributed by atoms with Crippen LogP contribution in [0.1, 0.15) is 6.92 Å². The van der Waals surface area contributed by atoms with Crippen molar-refractivity contribution in [1.82, 2.24) is 14.8 Å². The summed E-state index contributed by atoms with van der Waals surface area (Å²) in [5.74, 6) is 1.41. The largest absolute Gasteiger partial charge is 0.494 e. The van der Waals surface area contributed by atoms with Crippen molar-refractivity contribution in [2.75, 3.05) is 17.7 Å². The Balaban J connectivity index is 1.61. The summed E-state index contributed by atoms with van der Waals surface area (Å²) >= 11 is 11.1. The number of hydrogen-bond donors (Lipinski definition) is 1. The van der Waals surface area contributed by atoms with E-state index in [2.05, 4.69) is 31.4 Å². The zero-order valence-electron chi connectivity index (χ0n) is 17.7. The van der Waals surface area contributed by atoms with Crippen LogP contribution in [-0.4, -0.2) is 33.0 Å². The molecule has 0 fully saturated rings. The third-order valence-corrected chi connectivity index (χ3v) is 6.40. The lowest BCUT2D eigenvalue weighted by Crippen LogP contribution is -2.14. The topological polar surface area (TPSA) is 69.0 Å². The van der Waals surface area contributed by atoms with E-state index in [1.165, 1.54) is 11.8 Å². The molecule has 0 spiro atoms. The molecule has 1 aromatic heterocycles.